The number of alkyl halides is 3. The zero-order valence-corrected chi connectivity index (χ0v) is 7.93. The van der Waals surface area contributed by atoms with E-state index >= 15 is 0 Å². The quantitative estimate of drug-likeness (QED) is 0.621. The smallest absolute Gasteiger partial charge is 0.166 e. The van der Waals surface area contributed by atoms with E-state index < -0.39 is 11.7 Å². The molecular weight excluding hydrogens is 201 g/mol. The van der Waals surface area contributed by atoms with Crippen LogP contribution in [0.1, 0.15) is 35.4 Å². The number of rotatable bonds is 1. The Hall–Kier alpha value is -1.43. The highest BCUT2D eigenvalue weighted by atomic mass is 19.4. The van der Waals surface area contributed by atoms with Gasteiger partial charge < -0.3 is 0 Å². The maximum absolute atomic E-state index is 12.6. The van der Waals surface area contributed by atoms with E-state index in [0.29, 0.717) is 5.92 Å². The first-order chi connectivity index (χ1) is 7.02. The highest BCUT2D eigenvalue weighted by Crippen LogP contribution is 2.42. The van der Waals surface area contributed by atoms with Crippen LogP contribution in [0.3, 0.4) is 0 Å². The summed E-state index contributed by atoms with van der Waals surface area (Å²) in [5, 5.41) is 0. The highest BCUT2D eigenvalue weighted by Gasteiger charge is 2.34. The van der Waals surface area contributed by atoms with Crippen molar-refractivity contribution in [3.63, 3.8) is 0 Å². The molecule has 15 heavy (non-hydrogen) atoms. The van der Waals surface area contributed by atoms with Gasteiger partial charge in [-0.3, -0.25) is 0 Å². The Morgan fingerprint density at radius 1 is 1.27 bits per heavy atom. The second-order valence-corrected chi connectivity index (χ2v) is 3.72. The average Bonchev–Trinajstić information content (AvgIpc) is 2.98. The van der Waals surface area contributed by atoms with Crippen molar-refractivity contribution in [3.8, 4) is 12.3 Å². The molecule has 1 fully saturated rings. The number of terminal acetylenes is 1. The molecule has 0 aliphatic heterocycles. The second-order valence-electron chi connectivity index (χ2n) is 3.72. The van der Waals surface area contributed by atoms with Crippen LogP contribution in [0.25, 0.3) is 0 Å². The summed E-state index contributed by atoms with van der Waals surface area (Å²) in [6, 6.07) is 4.27. The van der Waals surface area contributed by atoms with Gasteiger partial charge in [-0.15, -0.1) is 6.42 Å². The third-order valence-electron chi connectivity index (χ3n) is 2.55. The first kappa shape index (κ1) is 10.1. The van der Waals surface area contributed by atoms with Crippen molar-refractivity contribution in [1.29, 1.82) is 0 Å². The van der Waals surface area contributed by atoms with Gasteiger partial charge in [0.15, 0.2) is 0 Å². The second kappa shape index (κ2) is 3.30. The van der Waals surface area contributed by atoms with Gasteiger partial charge in [0.05, 0.1) is 5.56 Å². The summed E-state index contributed by atoms with van der Waals surface area (Å²) in [5.74, 6) is 2.37. The first-order valence-corrected chi connectivity index (χ1v) is 4.70. The van der Waals surface area contributed by atoms with E-state index in [1.807, 2.05) is 0 Å². The molecule has 3 heteroatoms. The van der Waals surface area contributed by atoms with Crippen LogP contribution in [0.15, 0.2) is 18.2 Å². The molecule has 0 aromatic heterocycles. The minimum atomic E-state index is -4.35. The summed E-state index contributed by atoms with van der Waals surface area (Å²) in [5.41, 5.74) is -0.0115. The van der Waals surface area contributed by atoms with Crippen molar-refractivity contribution in [2.75, 3.05) is 0 Å². The molecule has 1 aliphatic carbocycles. The SMILES string of the molecule is C#Cc1ccc(C2CC2)cc1C(F)(F)F. The Labute approximate surface area is 86.1 Å². The van der Waals surface area contributed by atoms with Gasteiger partial charge in [-0.25, -0.2) is 0 Å². The molecule has 1 saturated carbocycles. The molecule has 0 bridgehead atoms. The van der Waals surface area contributed by atoms with Gasteiger partial charge >= 0.3 is 6.18 Å². The highest BCUT2D eigenvalue weighted by molar-refractivity contribution is 5.45. The fraction of sp³-hybridized carbons (Fsp3) is 0.333. The van der Waals surface area contributed by atoms with Crippen LogP contribution in [-0.4, -0.2) is 0 Å². The molecule has 0 spiro atoms. The Morgan fingerprint density at radius 3 is 2.40 bits per heavy atom. The zero-order chi connectivity index (χ0) is 11.1. The third-order valence-corrected chi connectivity index (χ3v) is 2.55. The molecule has 1 aliphatic rings. The number of hydrogen-bond donors (Lipinski definition) is 0. The molecular formula is C12H9F3. The predicted octanol–water partition coefficient (Wildman–Crippen LogP) is 3.56. The molecule has 0 nitrogen and oxygen atoms in total. The molecule has 0 heterocycles. The summed E-state index contributed by atoms with van der Waals surface area (Å²) >= 11 is 0. The van der Waals surface area contributed by atoms with Crippen LogP contribution in [0.2, 0.25) is 0 Å². The Morgan fingerprint density at radius 2 is 1.93 bits per heavy atom. The maximum Gasteiger partial charge on any atom is 0.417 e. The summed E-state index contributed by atoms with van der Waals surface area (Å²) in [4.78, 5) is 0. The number of halogens is 3. The van der Waals surface area contributed by atoms with E-state index in [-0.39, 0.29) is 5.56 Å². The summed E-state index contributed by atoms with van der Waals surface area (Å²) in [6.07, 6.45) is 2.64. The van der Waals surface area contributed by atoms with E-state index in [9.17, 15) is 13.2 Å². The topological polar surface area (TPSA) is 0 Å². The normalized spacial score (nSPS) is 16.1. The summed E-state index contributed by atoms with van der Waals surface area (Å²) in [7, 11) is 0. The van der Waals surface area contributed by atoms with Gasteiger partial charge in [-0.2, -0.15) is 13.2 Å². The Bertz CT molecular complexity index is 419. The van der Waals surface area contributed by atoms with Crippen molar-refractivity contribution in [2.45, 2.75) is 24.9 Å². The molecule has 0 amide bonds. The predicted molar refractivity (Wildman–Crippen MR) is 51.4 cm³/mol. The van der Waals surface area contributed by atoms with Gasteiger partial charge in [-0.05, 0) is 36.5 Å². The van der Waals surface area contributed by atoms with Crippen LogP contribution in [0.4, 0.5) is 13.2 Å². The van der Waals surface area contributed by atoms with E-state index in [0.717, 1.165) is 18.4 Å². The van der Waals surface area contributed by atoms with E-state index in [2.05, 4.69) is 5.92 Å². The Kier molecular flexibility index (Phi) is 2.22. The lowest BCUT2D eigenvalue weighted by Gasteiger charge is -2.10. The van der Waals surface area contributed by atoms with Crippen LogP contribution >= 0.6 is 0 Å². The molecule has 2 rings (SSSR count). The fourth-order valence-corrected chi connectivity index (χ4v) is 1.59. The monoisotopic (exact) mass is 210 g/mol. The fourth-order valence-electron chi connectivity index (χ4n) is 1.59. The minimum Gasteiger partial charge on any atom is -0.166 e. The van der Waals surface area contributed by atoms with Crippen molar-refractivity contribution >= 4 is 0 Å². The number of hydrogen-bond acceptors (Lipinski definition) is 0. The van der Waals surface area contributed by atoms with Crippen molar-refractivity contribution in [3.05, 3.63) is 34.9 Å². The molecule has 1 aromatic rings. The van der Waals surface area contributed by atoms with Crippen LogP contribution < -0.4 is 0 Å². The van der Waals surface area contributed by atoms with E-state index in [1.165, 1.54) is 12.1 Å². The van der Waals surface area contributed by atoms with Gasteiger partial charge in [0.2, 0.25) is 0 Å². The van der Waals surface area contributed by atoms with Crippen molar-refractivity contribution in [2.24, 2.45) is 0 Å². The summed E-state index contributed by atoms with van der Waals surface area (Å²) < 4.78 is 37.8. The zero-order valence-electron chi connectivity index (χ0n) is 7.93. The lowest BCUT2D eigenvalue weighted by molar-refractivity contribution is -0.137. The van der Waals surface area contributed by atoms with Crippen molar-refractivity contribution in [1.82, 2.24) is 0 Å². The molecule has 0 atom stereocenters. The largest absolute Gasteiger partial charge is 0.417 e. The standard InChI is InChI=1S/C12H9F3/c1-2-8-3-6-10(9-4-5-9)7-11(8)12(13,14)15/h1,3,6-7,9H,4-5H2. The average molecular weight is 210 g/mol. The van der Waals surface area contributed by atoms with Gasteiger partial charge in [0, 0.05) is 5.56 Å². The Balaban J connectivity index is 2.48. The van der Waals surface area contributed by atoms with Crippen LogP contribution in [0, 0.1) is 12.3 Å². The third kappa shape index (κ3) is 1.99. The molecule has 0 unspecified atom stereocenters. The number of benzene rings is 1. The molecule has 0 saturated heterocycles. The van der Waals surface area contributed by atoms with Gasteiger partial charge in [-0.1, -0.05) is 12.0 Å². The minimum absolute atomic E-state index is 0.0769. The lowest BCUT2D eigenvalue weighted by atomic mass is 10.0. The lowest BCUT2D eigenvalue weighted by Crippen LogP contribution is -2.08. The van der Waals surface area contributed by atoms with E-state index in [1.54, 1.807) is 6.07 Å². The first-order valence-electron chi connectivity index (χ1n) is 4.70. The van der Waals surface area contributed by atoms with Gasteiger partial charge in [0.1, 0.15) is 0 Å². The van der Waals surface area contributed by atoms with Crippen LogP contribution in [0.5, 0.6) is 0 Å². The molecule has 0 N–H and O–H groups in total. The molecule has 1 aromatic carbocycles. The molecule has 78 valence electrons. The van der Waals surface area contributed by atoms with Gasteiger partial charge in [0.25, 0.3) is 0 Å². The van der Waals surface area contributed by atoms with Crippen LogP contribution in [-0.2, 0) is 6.18 Å². The maximum atomic E-state index is 12.6. The molecule has 0 radical (unpaired) electrons. The van der Waals surface area contributed by atoms with E-state index in [4.69, 9.17) is 6.42 Å². The summed E-state index contributed by atoms with van der Waals surface area (Å²) in [6.45, 7) is 0. The van der Waals surface area contributed by atoms with Crippen molar-refractivity contribution < 1.29 is 13.2 Å².